The number of amides is 2. The van der Waals surface area contributed by atoms with Crippen molar-refractivity contribution < 1.29 is 9.59 Å². The van der Waals surface area contributed by atoms with Crippen molar-refractivity contribution in [2.45, 2.75) is 33.1 Å². The molecule has 1 aromatic carbocycles. The second-order valence-electron chi connectivity index (χ2n) is 6.00. The lowest BCUT2D eigenvalue weighted by molar-refractivity contribution is -0.122. The molecule has 1 aromatic rings. The zero-order valence-electron chi connectivity index (χ0n) is 14.2. The first-order valence-corrected chi connectivity index (χ1v) is 10.4. The summed E-state index contributed by atoms with van der Waals surface area (Å²) in [4.78, 5) is 29.8. The van der Waals surface area contributed by atoms with Gasteiger partial charge in [0.15, 0.2) is 0 Å². The van der Waals surface area contributed by atoms with Crippen LogP contribution in [-0.4, -0.2) is 34.1 Å². The largest absolute Gasteiger partial charge is 0.308 e. The second kappa shape index (κ2) is 7.60. The Bertz CT molecular complexity index is 791. The minimum atomic E-state index is -0.150. The lowest BCUT2D eigenvalue weighted by Gasteiger charge is -2.16. The molecule has 7 heteroatoms. The van der Waals surface area contributed by atoms with Gasteiger partial charge in [0.1, 0.15) is 4.32 Å². The topological polar surface area (TPSA) is 40.6 Å². The van der Waals surface area contributed by atoms with Gasteiger partial charge in [-0.05, 0) is 31.0 Å². The van der Waals surface area contributed by atoms with Crippen LogP contribution in [0.15, 0.2) is 27.6 Å². The van der Waals surface area contributed by atoms with E-state index in [-0.39, 0.29) is 11.8 Å². The molecule has 3 rings (SSSR count). The molecular formula is C18H19BrN2O2S2. The predicted molar refractivity (Wildman–Crippen MR) is 111 cm³/mol. The number of fused-ring (bicyclic) bond motifs is 1. The maximum Gasteiger partial charge on any atom is 0.267 e. The van der Waals surface area contributed by atoms with Crippen molar-refractivity contribution in [1.82, 2.24) is 4.90 Å². The Morgan fingerprint density at radius 2 is 1.84 bits per heavy atom. The summed E-state index contributed by atoms with van der Waals surface area (Å²) in [6.45, 7) is 5.34. The molecule has 0 aliphatic carbocycles. The van der Waals surface area contributed by atoms with E-state index in [2.05, 4.69) is 22.9 Å². The first-order chi connectivity index (χ1) is 12.0. The van der Waals surface area contributed by atoms with E-state index < -0.39 is 0 Å². The number of halogens is 1. The van der Waals surface area contributed by atoms with E-state index >= 15 is 0 Å². The molecule has 0 saturated carbocycles. The lowest BCUT2D eigenvalue weighted by atomic mass is 10.1. The molecule has 0 aromatic heterocycles. The summed E-state index contributed by atoms with van der Waals surface area (Å²) in [5.41, 5.74) is 2.17. The number of carbonyl (C=O) groups excluding carboxylic acids is 2. The lowest BCUT2D eigenvalue weighted by Crippen LogP contribution is -2.30. The number of thiocarbonyl (C=S) groups is 1. The van der Waals surface area contributed by atoms with E-state index in [1.807, 2.05) is 25.1 Å². The van der Waals surface area contributed by atoms with Gasteiger partial charge in [-0.2, -0.15) is 0 Å². The van der Waals surface area contributed by atoms with Gasteiger partial charge in [0, 0.05) is 23.1 Å². The molecule has 0 unspecified atom stereocenters. The van der Waals surface area contributed by atoms with Crippen LogP contribution >= 0.6 is 39.9 Å². The van der Waals surface area contributed by atoms with Gasteiger partial charge in [-0.15, -0.1) is 0 Å². The highest BCUT2D eigenvalue weighted by Gasteiger charge is 2.41. The maximum absolute atomic E-state index is 13.1. The van der Waals surface area contributed by atoms with Gasteiger partial charge in [-0.25, -0.2) is 0 Å². The third-order valence-electron chi connectivity index (χ3n) is 4.24. The molecule has 0 atom stereocenters. The number of carbonyl (C=O) groups is 2. The highest BCUT2D eigenvalue weighted by Crippen LogP contribution is 2.45. The fourth-order valence-electron chi connectivity index (χ4n) is 3.03. The normalized spacial score (nSPS) is 20.0. The van der Waals surface area contributed by atoms with E-state index in [1.54, 1.807) is 9.80 Å². The fourth-order valence-corrected chi connectivity index (χ4v) is 4.77. The number of nitrogens with zero attached hydrogens (tertiary/aromatic N) is 2. The molecule has 2 heterocycles. The first-order valence-electron chi connectivity index (χ1n) is 8.39. The van der Waals surface area contributed by atoms with Crippen LogP contribution in [-0.2, 0) is 9.59 Å². The molecule has 25 heavy (non-hydrogen) atoms. The van der Waals surface area contributed by atoms with E-state index in [9.17, 15) is 9.59 Å². The van der Waals surface area contributed by atoms with Crippen molar-refractivity contribution in [3.8, 4) is 0 Å². The summed E-state index contributed by atoms with van der Waals surface area (Å²) < 4.78 is 1.42. The Morgan fingerprint density at radius 1 is 1.08 bits per heavy atom. The Kier molecular flexibility index (Phi) is 5.65. The fraction of sp³-hybridized carbons (Fsp3) is 0.389. The number of benzene rings is 1. The highest BCUT2D eigenvalue weighted by atomic mass is 79.9. The zero-order valence-corrected chi connectivity index (χ0v) is 17.4. The number of anilines is 1. The molecule has 132 valence electrons. The molecular weight excluding hydrogens is 420 g/mol. The van der Waals surface area contributed by atoms with Crippen molar-refractivity contribution in [1.29, 1.82) is 0 Å². The van der Waals surface area contributed by atoms with Crippen molar-refractivity contribution in [2.75, 3.05) is 18.0 Å². The quantitative estimate of drug-likeness (QED) is 0.498. The molecule has 1 saturated heterocycles. The molecule has 2 amide bonds. The number of hydrogen-bond acceptors (Lipinski definition) is 4. The van der Waals surface area contributed by atoms with Gasteiger partial charge < -0.3 is 4.90 Å². The molecule has 0 radical (unpaired) electrons. The van der Waals surface area contributed by atoms with Gasteiger partial charge >= 0.3 is 0 Å². The van der Waals surface area contributed by atoms with E-state index in [0.29, 0.717) is 27.9 Å². The van der Waals surface area contributed by atoms with Gasteiger partial charge in [0.25, 0.3) is 11.8 Å². The molecule has 0 N–H and O–H groups in total. The van der Waals surface area contributed by atoms with Crippen LogP contribution in [0.2, 0.25) is 0 Å². The third-order valence-corrected chi connectivity index (χ3v) is 6.18. The Labute approximate surface area is 165 Å². The Morgan fingerprint density at radius 3 is 2.52 bits per heavy atom. The summed E-state index contributed by atoms with van der Waals surface area (Å²) in [6.07, 6.45) is 2.75. The third kappa shape index (κ3) is 3.29. The molecule has 1 fully saturated rings. The number of unbranched alkanes of at least 4 members (excludes halogenated alkanes) is 1. The number of hydrogen-bond donors (Lipinski definition) is 0. The van der Waals surface area contributed by atoms with Gasteiger partial charge in [-0.1, -0.05) is 60.2 Å². The first kappa shape index (κ1) is 18.6. The average Bonchev–Trinajstić information content (AvgIpc) is 3.00. The summed E-state index contributed by atoms with van der Waals surface area (Å²) in [5, 5.41) is 0. The molecule has 2 aliphatic heterocycles. The van der Waals surface area contributed by atoms with E-state index in [4.69, 9.17) is 12.2 Å². The van der Waals surface area contributed by atoms with Crippen LogP contribution in [0.4, 0.5) is 5.69 Å². The van der Waals surface area contributed by atoms with Crippen LogP contribution < -0.4 is 4.90 Å². The summed E-state index contributed by atoms with van der Waals surface area (Å²) in [5.74, 6) is -0.248. The average molecular weight is 439 g/mol. The summed E-state index contributed by atoms with van der Waals surface area (Å²) in [6, 6.07) is 5.78. The standard InChI is InChI=1S/C18H19BrN2O2S2/c1-3-5-9-20-13-7-6-11(19)10-12(13)14(16(20)22)15-17(23)21(8-4-2)18(24)25-15/h6-7,10H,3-5,8-9H2,1-2H3/b15-14-. The van der Waals surface area contributed by atoms with Crippen molar-refractivity contribution in [3.05, 3.63) is 33.1 Å². The SMILES string of the molecule is CCCCN1C(=O)/C(=C2\SC(=S)N(CCC)C2=O)c2cc(Br)ccc21. The zero-order chi connectivity index (χ0) is 18.1. The van der Waals surface area contributed by atoms with Crippen LogP contribution in [0, 0.1) is 0 Å². The summed E-state index contributed by atoms with van der Waals surface area (Å²) in [7, 11) is 0. The Balaban J connectivity index is 2.10. The van der Waals surface area contributed by atoms with Gasteiger partial charge in [0.05, 0.1) is 16.2 Å². The second-order valence-corrected chi connectivity index (χ2v) is 8.56. The van der Waals surface area contributed by atoms with Gasteiger partial charge in [-0.3, -0.25) is 14.5 Å². The Hall–Kier alpha value is -1.18. The minimum absolute atomic E-state index is 0.0986. The molecule has 4 nitrogen and oxygen atoms in total. The highest BCUT2D eigenvalue weighted by molar-refractivity contribution is 9.10. The van der Waals surface area contributed by atoms with Gasteiger partial charge in [0.2, 0.25) is 0 Å². The van der Waals surface area contributed by atoms with Crippen molar-refractivity contribution in [3.63, 3.8) is 0 Å². The van der Waals surface area contributed by atoms with Crippen LogP contribution in [0.1, 0.15) is 38.7 Å². The van der Waals surface area contributed by atoms with Crippen LogP contribution in [0.25, 0.3) is 5.57 Å². The monoisotopic (exact) mass is 438 g/mol. The molecule has 0 bridgehead atoms. The smallest absolute Gasteiger partial charge is 0.267 e. The number of thioether (sulfide) groups is 1. The van der Waals surface area contributed by atoms with Crippen molar-refractivity contribution in [2.24, 2.45) is 0 Å². The minimum Gasteiger partial charge on any atom is -0.308 e. The molecule has 0 spiro atoms. The van der Waals surface area contributed by atoms with Crippen LogP contribution in [0.3, 0.4) is 0 Å². The van der Waals surface area contributed by atoms with Crippen LogP contribution in [0.5, 0.6) is 0 Å². The van der Waals surface area contributed by atoms with Crippen molar-refractivity contribution >= 4 is 67.3 Å². The molecule has 2 aliphatic rings. The predicted octanol–water partition coefficient (Wildman–Crippen LogP) is 4.58. The maximum atomic E-state index is 13.1. The van der Waals surface area contributed by atoms with E-state index in [1.165, 1.54) is 11.8 Å². The van der Waals surface area contributed by atoms with E-state index in [0.717, 1.165) is 35.0 Å². The number of rotatable bonds is 5. The summed E-state index contributed by atoms with van der Waals surface area (Å²) >= 11 is 10.1.